The van der Waals surface area contributed by atoms with Crippen molar-refractivity contribution in [3.63, 3.8) is 0 Å². The predicted octanol–water partition coefficient (Wildman–Crippen LogP) is 16.6. The number of aromatic amines is 1. The molecule has 8 saturated heterocycles. The van der Waals surface area contributed by atoms with E-state index in [1.807, 2.05) is 65.9 Å². The van der Waals surface area contributed by atoms with Crippen molar-refractivity contribution >= 4 is 159 Å². The average Bonchev–Trinajstić information content (AvgIpc) is 1.61. The molecule has 772 valence electrons. The number of hydrogen-bond acceptors (Lipinski definition) is 29. The lowest BCUT2D eigenvalue weighted by atomic mass is 9.80. The summed E-state index contributed by atoms with van der Waals surface area (Å²) < 4.78 is 47.4. The number of halogens is 8. The van der Waals surface area contributed by atoms with Crippen LogP contribution < -0.4 is 24.3 Å². The van der Waals surface area contributed by atoms with Crippen LogP contribution in [0.25, 0.3) is 44.7 Å². The van der Waals surface area contributed by atoms with E-state index in [4.69, 9.17) is 101 Å². The fourth-order valence-electron chi connectivity index (χ4n) is 22.0. The summed E-state index contributed by atoms with van der Waals surface area (Å²) in [7, 11) is -1.74. The van der Waals surface area contributed by atoms with Gasteiger partial charge in [-0.1, -0.05) is 105 Å². The zero-order valence-corrected chi connectivity index (χ0v) is 89.2. The van der Waals surface area contributed by atoms with Gasteiger partial charge in [0.15, 0.2) is 45.4 Å². The van der Waals surface area contributed by atoms with Crippen molar-refractivity contribution < 1.29 is 23.0 Å². The van der Waals surface area contributed by atoms with E-state index in [2.05, 4.69) is 118 Å². The van der Waals surface area contributed by atoms with Crippen molar-refractivity contribution in [3.05, 3.63) is 202 Å². The summed E-state index contributed by atoms with van der Waals surface area (Å²) in [6.45, 7) is 30.8. The second-order valence-corrected chi connectivity index (χ2v) is 45.7. The van der Waals surface area contributed by atoms with Crippen LogP contribution in [-0.2, 0) is 16.6 Å². The second-order valence-electron chi connectivity index (χ2n) is 40.7. The summed E-state index contributed by atoms with van der Waals surface area (Å²) in [5.74, 6) is 7.68. The molecule has 9 aromatic heterocycles. The van der Waals surface area contributed by atoms with Crippen LogP contribution in [0.3, 0.4) is 0 Å². The third-order valence-corrected chi connectivity index (χ3v) is 33.8. The number of benzene rings is 4. The molecule has 0 amide bonds. The van der Waals surface area contributed by atoms with Crippen LogP contribution in [-0.4, -0.2) is 277 Å². The van der Waals surface area contributed by atoms with Gasteiger partial charge in [0.1, 0.15) is 75.4 Å². The minimum Gasteiger partial charge on any atom is -0.395 e. The maximum atomic E-state index is 14.6. The Bertz CT molecular complexity index is 7200. The molecule has 13 aromatic rings. The maximum Gasteiger partial charge on any atom is 0.212 e. The molecule has 0 aliphatic carbocycles. The van der Waals surface area contributed by atoms with Crippen molar-refractivity contribution in [1.29, 1.82) is 21.0 Å². The number of aliphatic hydroxyl groups excluding tert-OH is 1. The van der Waals surface area contributed by atoms with E-state index >= 15 is 0 Å². The number of hydrogen-bond donors (Lipinski definition) is 4. The molecule has 0 spiro atoms. The first kappa shape index (κ1) is 106. The Morgan fingerprint density at radius 2 is 0.755 bits per heavy atom. The van der Waals surface area contributed by atoms with Gasteiger partial charge in [-0.3, -0.25) is 4.90 Å². The highest BCUT2D eigenvalue weighted by molar-refractivity contribution is 7.89. The van der Waals surface area contributed by atoms with Crippen molar-refractivity contribution in [2.45, 2.75) is 142 Å². The zero-order chi connectivity index (χ0) is 103. The summed E-state index contributed by atoms with van der Waals surface area (Å²) in [5.41, 5.74) is 8.47. The summed E-state index contributed by atoms with van der Waals surface area (Å²) in [4.78, 5) is 63.8. The Balaban J connectivity index is 0.000000129. The number of nitriles is 4. The van der Waals surface area contributed by atoms with Crippen LogP contribution in [0, 0.1) is 98.5 Å². The highest BCUT2D eigenvalue weighted by Crippen LogP contribution is 2.43. The standard InChI is InChI=1S/C28H35Cl2N7O.C26H27Cl2N9.C25H30Cl2N8O2S.C24H27ClFN7O/c1-18(22-8-7-21(29)12-23(22)30)37-27-26(24(13-31)34-37)32-14-25(33-27)36-16-20(17-36)19-6-4-10-35(15-19)11-5-9-28(2,3)38;1-16(21-5-4-19(27)7-22(21)28)37-26-25(23(8-29)34-37)31-10-24(33-26)36-12-18(13-36)17-3-2-6-35(11-17)14-20-9-30-15-32-20;1-16(20-6-5-19(26)10-21(20)27)35-25-24(22(11-28)32-35)30-12-23(31-25)34-14-18(15-34)17-4-3-7-33(13-17)8-9-38(36,37)29-2;1-15(19-5-4-18(25)9-20(19)26)33-24-23(21(10-27)30-33)28-11-22(29-24)32-13-17(14-32)16-3-2-6-31(12-16)7-8-34/h7-8,12,14,18-20,38H,4-6,9-11,15-17H2,1-3H3;4-5,7,9-10,15-18H,2-3,6,11-14H2,1H3,(H,30,32);5-6,10,12,16-18,29H,3-4,7-9,13-15H2,1-2H3;4-5,9,11,15-17,34H,2-3,6-8,12-14H2,1H3. The zero-order valence-electron chi connectivity index (χ0n) is 83.1. The number of rotatable bonds is 28. The van der Waals surface area contributed by atoms with Gasteiger partial charge in [0.05, 0.1) is 73.2 Å². The highest BCUT2D eigenvalue weighted by atomic mass is 35.5. The lowest BCUT2D eigenvalue weighted by Gasteiger charge is -2.47. The first-order chi connectivity index (χ1) is 70.8. The number of likely N-dealkylation sites (tertiary alicyclic amines) is 4. The number of anilines is 4. The average molecular weight is 2150 g/mol. The van der Waals surface area contributed by atoms with Crippen LogP contribution in [0.1, 0.15) is 181 Å². The van der Waals surface area contributed by atoms with Gasteiger partial charge in [-0.25, -0.2) is 81.1 Å². The molecule has 0 saturated carbocycles. The SMILES string of the molecule is CC(c1ccc(Cl)cc1Cl)n1nc(C#N)c2ncc(N3CC(C4CCCN(CCCC(C)(C)O)C4)C3)nc21.CC(c1ccc(Cl)cc1Cl)n1nc(C#N)c2ncc(N3CC(C4CCCN(Cc5cnc[nH]5)C4)C3)nc21.CC(c1ccc(Cl)cc1F)n1nc(C#N)c2ncc(N3CC(C4CCCN(CCO)C4)C3)nc21.CNS(=O)(=O)CCN1CCCC(C2CN(c3cnc4c(C#N)nn(C(C)c5ccc(Cl)cc5Cl)c4n3)C2)C1. The molecular formula is C103H119Cl7FN31O4S. The number of nitrogens with zero attached hydrogens (tertiary/aromatic N) is 29. The van der Waals surface area contributed by atoms with Crippen molar-refractivity contribution in [3.8, 4) is 24.3 Å². The summed E-state index contributed by atoms with van der Waals surface area (Å²) >= 11 is 43.6. The molecule has 44 heteroatoms. The molecule has 0 bridgehead atoms. The van der Waals surface area contributed by atoms with E-state index in [-0.39, 0.29) is 53.3 Å². The van der Waals surface area contributed by atoms with E-state index in [0.717, 1.165) is 190 Å². The molecule has 0 radical (unpaired) electrons. The smallest absolute Gasteiger partial charge is 0.212 e. The molecular weight excluding hydrogens is 2030 g/mol. The van der Waals surface area contributed by atoms with Gasteiger partial charge in [0, 0.05) is 151 Å². The first-order valence-corrected chi connectivity index (χ1v) is 54.6. The van der Waals surface area contributed by atoms with Gasteiger partial charge in [0.25, 0.3) is 0 Å². The van der Waals surface area contributed by atoms with Crippen molar-refractivity contribution in [2.75, 3.05) is 163 Å². The van der Waals surface area contributed by atoms with Crippen LogP contribution in [0.15, 0.2) is 110 Å². The highest BCUT2D eigenvalue weighted by Gasteiger charge is 2.43. The number of nitrogens with one attached hydrogen (secondary N) is 2. The molecule has 8 atom stereocenters. The molecule has 8 aliphatic heterocycles. The lowest BCUT2D eigenvalue weighted by molar-refractivity contribution is 0.0594. The molecule has 4 aromatic carbocycles. The fourth-order valence-corrected chi connectivity index (χ4v) is 24.5. The van der Waals surface area contributed by atoms with E-state index in [0.29, 0.717) is 139 Å². The Kier molecular flexibility index (Phi) is 33.4. The first-order valence-electron chi connectivity index (χ1n) is 50.3. The normalized spacial score (nSPS) is 19.9. The number of sulfonamides is 1. The number of piperidine rings is 4. The summed E-state index contributed by atoms with van der Waals surface area (Å²) in [6, 6.07) is 27.9. The fraction of sp³-hybridized carbons (Fsp3) is 0.505. The van der Waals surface area contributed by atoms with Crippen LogP contribution in [0.4, 0.5) is 27.7 Å². The van der Waals surface area contributed by atoms with Gasteiger partial charge in [-0.05, 0) is 258 Å². The molecule has 35 nitrogen and oxygen atoms in total. The number of fused-ring (bicyclic) bond motifs is 4. The molecule has 4 N–H and O–H groups in total. The van der Waals surface area contributed by atoms with E-state index in [1.165, 1.54) is 57.3 Å². The third kappa shape index (κ3) is 24.1. The van der Waals surface area contributed by atoms with Gasteiger partial charge >= 0.3 is 0 Å². The van der Waals surface area contributed by atoms with Crippen LogP contribution in [0.5, 0.6) is 0 Å². The molecule has 8 aliphatic rings. The van der Waals surface area contributed by atoms with Crippen LogP contribution in [0.2, 0.25) is 35.2 Å². The molecule has 8 fully saturated rings. The molecule has 21 rings (SSSR count). The minimum atomic E-state index is -3.20. The molecule has 8 unspecified atom stereocenters. The van der Waals surface area contributed by atoms with Gasteiger partial charge in [-0.2, -0.15) is 41.4 Å². The molecule has 147 heavy (non-hydrogen) atoms. The number of β-amino-alcohol motifs (C(OH)–C–C–N with tert-alkyl or cyclic N) is 1. The third-order valence-electron chi connectivity index (χ3n) is 30.5. The monoisotopic (exact) mass is 2150 g/mol. The Hall–Kier alpha value is -10.9. The Morgan fingerprint density at radius 1 is 0.442 bits per heavy atom. The van der Waals surface area contributed by atoms with Crippen molar-refractivity contribution in [2.24, 2.45) is 47.3 Å². The second kappa shape index (κ2) is 46.3. The van der Waals surface area contributed by atoms with Gasteiger partial charge in [-0.15, -0.1) is 0 Å². The largest absolute Gasteiger partial charge is 0.395 e. The predicted molar refractivity (Wildman–Crippen MR) is 569 cm³/mol. The number of aromatic nitrogens is 18. The van der Waals surface area contributed by atoms with Gasteiger partial charge < -0.3 is 49.5 Å². The van der Waals surface area contributed by atoms with Crippen LogP contribution >= 0.6 is 81.2 Å². The Morgan fingerprint density at radius 3 is 1.06 bits per heavy atom. The maximum absolute atomic E-state index is 14.6. The van der Waals surface area contributed by atoms with Crippen molar-refractivity contribution in [1.82, 2.24) is 113 Å². The topological polar surface area (TPSA) is 411 Å². The van der Waals surface area contributed by atoms with E-state index < -0.39 is 27.5 Å². The van der Waals surface area contributed by atoms with E-state index in [9.17, 15) is 44.1 Å². The lowest BCUT2D eigenvalue weighted by Crippen LogP contribution is -2.54. The van der Waals surface area contributed by atoms with E-state index in [1.54, 1.807) is 98.4 Å². The number of aliphatic hydroxyl groups is 2. The Labute approximate surface area is 888 Å². The summed E-state index contributed by atoms with van der Waals surface area (Å²) in [5, 5.41) is 79.3. The number of imidazole rings is 1. The van der Waals surface area contributed by atoms with Gasteiger partial charge in [0.2, 0.25) is 10.0 Å². The quantitative estimate of drug-likeness (QED) is 0.0354. The minimum absolute atomic E-state index is 0.126. The molecule has 17 heterocycles. The summed E-state index contributed by atoms with van der Waals surface area (Å²) in [6.07, 6.45) is 22.0. The number of H-pyrrole nitrogens is 1.